The predicted octanol–water partition coefficient (Wildman–Crippen LogP) is 4.69. The van der Waals surface area contributed by atoms with Gasteiger partial charge in [-0.25, -0.2) is 0 Å². The van der Waals surface area contributed by atoms with E-state index in [1.54, 1.807) is 7.11 Å². The highest BCUT2D eigenvalue weighted by atomic mass is 79.9. The van der Waals surface area contributed by atoms with E-state index in [-0.39, 0.29) is 5.60 Å². The van der Waals surface area contributed by atoms with Crippen LogP contribution in [0.2, 0.25) is 0 Å². The molecule has 0 saturated carbocycles. The molecule has 0 fully saturated rings. The molecule has 0 bridgehead atoms. The Morgan fingerprint density at radius 3 is 2.70 bits per heavy atom. The third-order valence-electron chi connectivity index (χ3n) is 3.35. The number of rotatable bonds is 5. The van der Waals surface area contributed by atoms with Crippen LogP contribution in [0.4, 0.5) is 0 Å². The molecule has 1 aliphatic carbocycles. The number of allylic oxidation sites excluding steroid dienone is 3. The van der Waals surface area contributed by atoms with Crippen LogP contribution < -0.4 is 0 Å². The van der Waals surface area contributed by atoms with Crippen LogP contribution in [0.1, 0.15) is 18.9 Å². The molecule has 1 unspecified atom stereocenters. The van der Waals surface area contributed by atoms with Crippen LogP contribution in [0.25, 0.3) is 5.57 Å². The van der Waals surface area contributed by atoms with Gasteiger partial charge in [0, 0.05) is 13.5 Å². The van der Waals surface area contributed by atoms with Crippen molar-refractivity contribution in [3.63, 3.8) is 0 Å². The minimum absolute atomic E-state index is 0.298. The first kappa shape index (κ1) is 15.2. The molecular weight excluding hydrogens is 316 g/mol. The summed E-state index contributed by atoms with van der Waals surface area (Å²) < 4.78 is 10.8. The van der Waals surface area contributed by atoms with Crippen molar-refractivity contribution in [2.45, 2.75) is 18.9 Å². The molecule has 2 rings (SSSR count). The third-order valence-corrected chi connectivity index (χ3v) is 3.61. The van der Waals surface area contributed by atoms with Crippen molar-refractivity contribution in [2.75, 3.05) is 13.9 Å². The number of halogens is 1. The molecule has 0 amide bonds. The Hall–Kier alpha value is -1.16. The number of hydrogen-bond acceptors (Lipinski definition) is 2. The van der Waals surface area contributed by atoms with Crippen LogP contribution in [-0.2, 0) is 9.47 Å². The van der Waals surface area contributed by atoms with E-state index >= 15 is 0 Å². The predicted molar refractivity (Wildman–Crippen MR) is 86.6 cm³/mol. The molecule has 1 aromatic carbocycles. The number of methoxy groups -OCH3 is 1. The van der Waals surface area contributed by atoms with E-state index in [0.29, 0.717) is 6.79 Å². The third kappa shape index (κ3) is 3.69. The molecule has 1 atom stereocenters. The fourth-order valence-electron chi connectivity index (χ4n) is 2.32. The zero-order valence-corrected chi connectivity index (χ0v) is 13.4. The maximum absolute atomic E-state index is 5.79. The summed E-state index contributed by atoms with van der Waals surface area (Å²) in [6.45, 7) is 2.37. The topological polar surface area (TPSA) is 18.5 Å². The summed E-state index contributed by atoms with van der Waals surface area (Å²) in [6.07, 6.45) is 7.15. The lowest BCUT2D eigenvalue weighted by Crippen LogP contribution is -2.29. The van der Waals surface area contributed by atoms with Crippen LogP contribution in [0.3, 0.4) is 0 Å². The van der Waals surface area contributed by atoms with E-state index in [0.717, 1.165) is 6.42 Å². The van der Waals surface area contributed by atoms with Crippen LogP contribution in [0, 0.1) is 0 Å². The van der Waals surface area contributed by atoms with Crippen molar-refractivity contribution in [3.05, 3.63) is 64.7 Å². The SMILES string of the molecule is COCOC1(C)C=CC(c2ccccc2)=C(/C=C/Br)C1. The van der Waals surface area contributed by atoms with Gasteiger partial charge in [-0.1, -0.05) is 64.5 Å². The van der Waals surface area contributed by atoms with E-state index in [1.807, 2.05) is 11.1 Å². The Morgan fingerprint density at radius 2 is 2.05 bits per heavy atom. The van der Waals surface area contributed by atoms with E-state index in [1.165, 1.54) is 16.7 Å². The van der Waals surface area contributed by atoms with Crippen molar-refractivity contribution in [1.82, 2.24) is 0 Å². The average Bonchev–Trinajstić information content (AvgIpc) is 2.47. The van der Waals surface area contributed by atoms with E-state index in [9.17, 15) is 0 Å². The lowest BCUT2D eigenvalue weighted by Gasteiger charge is -2.31. The van der Waals surface area contributed by atoms with Gasteiger partial charge in [-0.05, 0) is 28.6 Å². The van der Waals surface area contributed by atoms with Crippen molar-refractivity contribution in [2.24, 2.45) is 0 Å². The van der Waals surface area contributed by atoms with Crippen molar-refractivity contribution < 1.29 is 9.47 Å². The molecule has 3 heteroatoms. The molecule has 0 saturated heterocycles. The molecule has 1 aromatic rings. The average molecular weight is 335 g/mol. The first-order valence-electron chi connectivity index (χ1n) is 6.56. The summed E-state index contributed by atoms with van der Waals surface area (Å²) >= 11 is 3.37. The Labute approximate surface area is 128 Å². The second-order valence-electron chi connectivity index (χ2n) is 4.97. The van der Waals surface area contributed by atoms with Gasteiger partial charge in [0.05, 0.1) is 5.60 Å². The normalized spacial score (nSPS) is 22.8. The van der Waals surface area contributed by atoms with E-state index in [2.05, 4.69) is 65.3 Å². The molecular formula is C17H19BrO2. The zero-order chi connectivity index (χ0) is 14.4. The standard InChI is InChI=1S/C17H19BrO2/c1-17(20-13-19-2)10-8-16(15(12-17)9-11-18)14-6-4-3-5-7-14/h3-11H,12-13H2,1-2H3/b11-9+. The second kappa shape index (κ2) is 7.02. The molecule has 0 N–H and O–H groups in total. The van der Waals surface area contributed by atoms with Gasteiger partial charge in [0.25, 0.3) is 0 Å². The summed E-state index contributed by atoms with van der Waals surface area (Å²) in [6, 6.07) is 10.4. The summed E-state index contributed by atoms with van der Waals surface area (Å²) in [5.74, 6) is 0. The number of benzene rings is 1. The summed E-state index contributed by atoms with van der Waals surface area (Å²) in [4.78, 5) is 1.89. The highest BCUT2D eigenvalue weighted by Crippen LogP contribution is 2.35. The van der Waals surface area contributed by atoms with Gasteiger partial charge in [-0.2, -0.15) is 0 Å². The summed E-state index contributed by atoms with van der Waals surface area (Å²) in [5.41, 5.74) is 3.38. The van der Waals surface area contributed by atoms with Crippen molar-refractivity contribution >= 4 is 21.5 Å². The first-order chi connectivity index (χ1) is 9.68. The van der Waals surface area contributed by atoms with Gasteiger partial charge >= 0.3 is 0 Å². The molecule has 0 aliphatic heterocycles. The molecule has 0 heterocycles. The monoisotopic (exact) mass is 334 g/mol. The van der Waals surface area contributed by atoms with E-state index < -0.39 is 0 Å². The van der Waals surface area contributed by atoms with Gasteiger partial charge in [0.2, 0.25) is 0 Å². The smallest absolute Gasteiger partial charge is 0.147 e. The lowest BCUT2D eigenvalue weighted by atomic mass is 9.84. The highest BCUT2D eigenvalue weighted by Gasteiger charge is 2.27. The fourth-order valence-corrected chi connectivity index (χ4v) is 2.63. The number of hydrogen-bond donors (Lipinski definition) is 0. The van der Waals surface area contributed by atoms with Crippen LogP contribution >= 0.6 is 15.9 Å². The molecule has 106 valence electrons. The molecule has 0 radical (unpaired) electrons. The van der Waals surface area contributed by atoms with Gasteiger partial charge < -0.3 is 9.47 Å². The minimum atomic E-state index is -0.323. The Bertz CT molecular complexity index is 531. The maximum atomic E-state index is 5.79. The van der Waals surface area contributed by atoms with Gasteiger partial charge in [-0.3, -0.25) is 0 Å². The van der Waals surface area contributed by atoms with Crippen molar-refractivity contribution in [1.29, 1.82) is 0 Å². The first-order valence-corrected chi connectivity index (χ1v) is 7.47. The van der Waals surface area contributed by atoms with Gasteiger partial charge in [-0.15, -0.1) is 0 Å². The van der Waals surface area contributed by atoms with Crippen molar-refractivity contribution in [3.8, 4) is 0 Å². The van der Waals surface area contributed by atoms with Crippen LogP contribution in [0.15, 0.2) is 59.1 Å². The largest absolute Gasteiger partial charge is 0.359 e. The Kier molecular flexibility index (Phi) is 5.35. The molecule has 0 aromatic heterocycles. The van der Waals surface area contributed by atoms with Crippen LogP contribution in [-0.4, -0.2) is 19.5 Å². The maximum Gasteiger partial charge on any atom is 0.147 e. The quantitative estimate of drug-likeness (QED) is 0.727. The van der Waals surface area contributed by atoms with E-state index in [4.69, 9.17) is 9.47 Å². The lowest BCUT2D eigenvalue weighted by molar-refractivity contribution is -0.0994. The molecule has 20 heavy (non-hydrogen) atoms. The minimum Gasteiger partial charge on any atom is -0.359 e. The number of ether oxygens (including phenoxy) is 2. The zero-order valence-electron chi connectivity index (χ0n) is 11.8. The molecule has 1 aliphatic rings. The Morgan fingerprint density at radius 1 is 1.30 bits per heavy atom. The summed E-state index contributed by atoms with van der Waals surface area (Å²) in [5, 5.41) is 0. The fraction of sp³-hybridized carbons (Fsp3) is 0.294. The van der Waals surface area contributed by atoms with Crippen LogP contribution in [0.5, 0.6) is 0 Å². The van der Waals surface area contributed by atoms with Gasteiger partial charge in [0.15, 0.2) is 0 Å². The highest BCUT2D eigenvalue weighted by molar-refractivity contribution is 9.11. The molecule has 2 nitrogen and oxygen atoms in total. The Balaban J connectivity index is 2.31. The second-order valence-corrected chi connectivity index (χ2v) is 5.50. The summed E-state index contributed by atoms with van der Waals surface area (Å²) in [7, 11) is 1.64. The van der Waals surface area contributed by atoms with Gasteiger partial charge in [0.1, 0.15) is 6.79 Å². The molecule has 0 spiro atoms.